The van der Waals surface area contributed by atoms with E-state index in [1.165, 1.54) is 12.1 Å². The number of alkyl halides is 2. The maximum atomic E-state index is 12.8. The lowest BCUT2D eigenvalue weighted by molar-refractivity contribution is 0.0174. The Hall–Kier alpha value is -1.43. The van der Waals surface area contributed by atoms with Crippen molar-refractivity contribution in [2.45, 2.75) is 25.7 Å². The van der Waals surface area contributed by atoms with Crippen LogP contribution in [0.1, 0.15) is 24.5 Å². The highest BCUT2D eigenvalue weighted by Crippen LogP contribution is 2.26. The fraction of sp³-hybridized carbons (Fsp3) is 0.364. The first kappa shape index (κ1) is 10.6. The van der Waals surface area contributed by atoms with Crippen molar-refractivity contribution in [3.63, 3.8) is 0 Å². The third-order valence-corrected chi connectivity index (χ3v) is 1.99. The fourth-order valence-corrected chi connectivity index (χ4v) is 1.16. The molecule has 0 N–H and O–H groups in total. The summed E-state index contributed by atoms with van der Waals surface area (Å²) in [7, 11) is 0. The van der Waals surface area contributed by atoms with Gasteiger partial charge < -0.3 is 0 Å². The first-order chi connectivity index (χ1) is 6.54. The third-order valence-electron chi connectivity index (χ3n) is 1.99. The molecule has 0 radical (unpaired) electrons. The zero-order valence-corrected chi connectivity index (χ0v) is 7.93. The molecule has 0 atom stereocenters. The molecule has 1 aromatic carbocycles. The van der Waals surface area contributed by atoms with Gasteiger partial charge in [-0.3, -0.25) is 0 Å². The molecule has 14 heavy (non-hydrogen) atoms. The average molecular weight is 195 g/mol. The van der Waals surface area contributed by atoms with Crippen LogP contribution in [0.25, 0.3) is 0 Å². The summed E-state index contributed by atoms with van der Waals surface area (Å²) in [6.45, 7) is 0.872. The first-order valence-corrected chi connectivity index (χ1v) is 4.38. The van der Waals surface area contributed by atoms with Crippen molar-refractivity contribution >= 4 is 0 Å². The van der Waals surface area contributed by atoms with Crippen LogP contribution in [0, 0.1) is 11.3 Å². The molecule has 1 aromatic rings. The van der Waals surface area contributed by atoms with E-state index in [4.69, 9.17) is 5.26 Å². The van der Waals surface area contributed by atoms with Crippen molar-refractivity contribution < 1.29 is 8.78 Å². The molecule has 74 valence electrons. The third kappa shape index (κ3) is 2.81. The standard InChI is InChI=1S/C11H11F2N/c1-11(12,13)10-6-4-9(5-7-10)3-2-8-14/h4-7H,2-3H2,1H3. The Morgan fingerprint density at radius 3 is 2.29 bits per heavy atom. The van der Waals surface area contributed by atoms with Gasteiger partial charge in [0.25, 0.3) is 5.92 Å². The highest BCUT2D eigenvalue weighted by molar-refractivity contribution is 5.25. The Morgan fingerprint density at radius 2 is 1.86 bits per heavy atom. The fourth-order valence-electron chi connectivity index (χ4n) is 1.16. The summed E-state index contributed by atoms with van der Waals surface area (Å²) in [6.07, 6.45) is 1.04. The van der Waals surface area contributed by atoms with Crippen LogP contribution in [0.2, 0.25) is 0 Å². The van der Waals surface area contributed by atoms with Gasteiger partial charge in [0.15, 0.2) is 0 Å². The molecule has 1 rings (SSSR count). The van der Waals surface area contributed by atoms with Crippen molar-refractivity contribution in [3.8, 4) is 6.07 Å². The van der Waals surface area contributed by atoms with Crippen molar-refractivity contribution in [2.75, 3.05) is 0 Å². The highest BCUT2D eigenvalue weighted by atomic mass is 19.3. The molecule has 0 amide bonds. The number of hydrogen-bond acceptors (Lipinski definition) is 1. The monoisotopic (exact) mass is 195 g/mol. The van der Waals surface area contributed by atoms with E-state index in [9.17, 15) is 8.78 Å². The van der Waals surface area contributed by atoms with Crippen LogP contribution in [-0.2, 0) is 12.3 Å². The van der Waals surface area contributed by atoms with Gasteiger partial charge in [-0.15, -0.1) is 0 Å². The smallest absolute Gasteiger partial charge is 0.202 e. The Balaban J connectivity index is 2.75. The molecule has 0 heterocycles. The second kappa shape index (κ2) is 4.19. The topological polar surface area (TPSA) is 23.8 Å². The molecule has 3 heteroatoms. The van der Waals surface area contributed by atoms with Gasteiger partial charge in [-0.1, -0.05) is 24.3 Å². The van der Waals surface area contributed by atoms with Crippen LogP contribution in [0.5, 0.6) is 0 Å². The Labute approximate surface area is 82.0 Å². The molecule has 0 spiro atoms. The van der Waals surface area contributed by atoms with E-state index in [1.54, 1.807) is 12.1 Å². The van der Waals surface area contributed by atoms with E-state index in [0.29, 0.717) is 12.8 Å². The largest absolute Gasteiger partial charge is 0.270 e. The minimum absolute atomic E-state index is 0.0122. The van der Waals surface area contributed by atoms with Gasteiger partial charge >= 0.3 is 0 Å². The summed E-state index contributed by atoms with van der Waals surface area (Å²) in [5.74, 6) is -2.78. The minimum atomic E-state index is -2.78. The lowest BCUT2D eigenvalue weighted by Crippen LogP contribution is -2.06. The number of halogens is 2. The maximum absolute atomic E-state index is 12.8. The normalized spacial score (nSPS) is 11.0. The number of rotatable bonds is 3. The molecular weight excluding hydrogens is 184 g/mol. The van der Waals surface area contributed by atoms with Crippen LogP contribution in [0.15, 0.2) is 24.3 Å². The second-order valence-corrected chi connectivity index (χ2v) is 3.24. The lowest BCUT2D eigenvalue weighted by atomic mass is 10.0. The molecule has 0 saturated heterocycles. The Bertz CT molecular complexity index is 330. The van der Waals surface area contributed by atoms with Gasteiger partial charge in [0.05, 0.1) is 6.07 Å². The number of aryl methyl sites for hydroxylation is 1. The zero-order chi connectivity index (χ0) is 10.6. The molecule has 1 nitrogen and oxygen atoms in total. The van der Waals surface area contributed by atoms with Crippen LogP contribution in [-0.4, -0.2) is 0 Å². The summed E-state index contributed by atoms with van der Waals surface area (Å²) in [4.78, 5) is 0. The molecule has 0 saturated carbocycles. The molecule has 0 aliphatic heterocycles. The van der Waals surface area contributed by atoms with Gasteiger partial charge in [-0.25, -0.2) is 8.78 Å². The first-order valence-electron chi connectivity index (χ1n) is 4.38. The summed E-state index contributed by atoms with van der Waals surface area (Å²) in [6, 6.07) is 8.12. The maximum Gasteiger partial charge on any atom is 0.270 e. The van der Waals surface area contributed by atoms with Gasteiger partial charge in [0.2, 0.25) is 0 Å². The van der Waals surface area contributed by atoms with Crippen molar-refractivity contribution in [2.24, 2.45) is 0 Å². The Kier molecular flexibility index (Phi) is 3.19. The van der Waals surface area contributed by atoms with Crippen molar-refractivity contribution in [1.29, 1.82) is 5.26 Å². The Morgan fingerprint density at radius 1 is 1.29 bits per heavy atom. The quantitative estimate of drug-likeness (QED) is 0.726. The molecule has 0 unspecified atom stereocenters. The number of hydrogen-bond donors (Lipinski definition) is 0. The summed E-state index contributed by atoms with van der Waals surface area (Å²) in [5, 5.41) is 8.34. The summed E-state index contributed by atoms with van der Waals surface area (Å²) in [5.41, 5.74) is 0.928. The van der Waals surface area contributed by atoms with Gasteiger partial charge in [0.1, 0.15) is 0 Å². The van der Waals surface area contributed by atoms with Gasteiger partial charge in [0, 0.05) is 18.9 Å². The molecule has 0 bridgehead atoms. The molecule has 0 aromatic heterocycles. The zero-order valence-electron chi connectivity index (χ0n) is 7.93. The predicted molar refractivity (Wildman–Crippen MR) is 49.9 cm³/mol. The van der Waals surface area contributed by atoms with E-state index in [1.807, 2.05) is 6.07 Å². The highest BCUT2D eigenvalue weighted by Gasteiger charge is 2.23. The summed E-state index contributed by atoms with van der Waals surface area (Å²) >= 11 is 0. The number of benzene rings is 1. The van der Waals surface area contributed by atoms with E-state index < -0.39 is 5.92 Å². The second-order valence-electron chi connectivity index (χ2n) is 3.24. The van der Waals surface area contributed by atoms with E-state index in [-0.39, 0.29) is 5.56 Å². The van der Waals surface area contributed by atoms with Crippen LogP contribution in [0.3, 0.4) is 0 Å². The van der Waals surface area contributed by atoms with E-state index in [0.717, 1.165) is 12.5 Å². The van der Waals surface area contributed by atoms with E-state index in [2.05, 4.69) is 0 Å². The summed E-state index contributed by atoms with van der Waals surface area (Å²) < 4.78 is 25.6. The number of nitrogens with zero attached hydrogens (tertiary/aromatic N) is 1. The molecule has 0 aliphatic rings. The van der Waals surface area contributed by atoms with Crippen LogP contribution >= 0.6 is 0 Å². The van der Waals surface area contributed by atoms with Crippen molar-refractivity contribution in [1.82, 2.24) is 0 Å². The SMILES string of the molecule is CC(F)(F)c1ccc(CCC#N)cc1. The van der Waals surface area contributed by atoms with E-state index >= 15 is 0 Å². The van der Waals surface area contributed by atoms with Gasteiger partial charge in [-0.05, 0) is 12.0 Å². The van der Waals surface area contributed by atoms with Crippen LogP contribution in [0.4, 0.5) is 8.78 Å². The molecular formula is C11H11F2N. The van der Waals surface area contributed by atoms with Gasteiger partial charge in [-0.2, -0.15) is 5.26 Å². The van der Waals surface area contributed by atoms with Crippen molar-refractivity contribution in [3.05, 3.63) is 35.4 Å². The minimum Gasteiger partial charge on any atom is -0.202 e. The molecule has 0 fully saturated rings. The predicted octanol–water partition coefficient (Wildman–Crippen LogP) is 3.25. The number of nitriles is 1. The molecule has 0 aliphatic carbocycles. The van der Waals surface area contributed by atoms with Crippen LogP contribution < -0.4 is 0 Å². The average Bonchev–Trinajstić information content (AvgIpc) is 2.14. The lowest BCUT2D eigenvalue weighted by Gasteiger charge is -2.10.